The highest BCUT2D eigenvalue weighted by Crippen LogP contribution is 2.30. The Morgan fingerprint density at radius 3 is 2.44 bits per heavy atom. The van der Waals surface area contributed by atoms with E-state index in [1.807, 2.05) is 35.0 Å². The van der Waals surface area contributed by atoms with Gasteiger partial charge in [-0.1, -0.05) is 29.8 Å². The fourth-order valence-electron chi connectivity index (χ4n) is 3.82. The molecule has 0 radical (unpaired) electrons. The highest BCUT2D eigenvalue weighted by molar-refractivity contribution is 7.15. The predicted molar refractivity (Wildman–Crippen MR) is 140 cm³/mol. The van der Waals surface area contributed by atoms with Crippen LogP contribution in [0.2, 0.25) is 0 Å². The number of thiazole rings is 1. The summed E-state index contributed by atoms with van der Waals surface area (Å²) in [4.78, 5) is 42.2. The van der Waals surface area contributed by atoms with Crippen LogP contribution in [0.1, 0.15) is 34.5 Å². The second-order valence-electron chi connectivity index (χ2n) is 9.00. The molecule has 2 aromatic carbocycles. The maximum atomic E-state index is 12.5. The van der Waals surface area contributed by atoms with Gasteiger partial charge in [-0.05, 0) is 44.0 Å². The Balaban J connectivity index is 1.08. The number of rotatable bonds is 9. The summed E-state index contributed by atoms with van der Waals surface area (Å²) in [6.45, 7) is 2.69. The van der Waals surface area contributed by atoms with Crippen molar-refractivity contribution in [2.45, 2.75) is 26.2 Å². The van der Waals surface area contributed by atoms with E-state index >= 15 is 0 Å². The van der Waals surface area contributed by atoms with Gasteiger partial charge in [0, 0.05) is 53.1 Å². The van der Waals surface area contributed by atoms with Gasteiger partial charge in [-0.15, -0.1) is 11.3 Å². The number of anilines is 1. The van der Waals surface area contributed by atoms with Crippen LogP contribution in [-0.2, 0) is 16.0 Å². The van der Waals surface area contributed by atoms with Crippen LogP contribution in [-0.4, -0.2) is 40.2 Å². The van der Waals surface area contributed by atoms with Crippen LogP contribution in [0.5, 0.6) is 0 Å². The number of aromatic nitrogens is 2. The van der Waals surface area contributed by atoms with Crippen molar-refractivity contribution in [1.29, 1.82) is 0 Å². The standard InChI is InChI=1S/C27H27N5O3S/c1-17-2-4-18(5-3-17)23-15-32-22(16-36-27(32)31-23)14-24(33)28-12-13-29-25(34)19-8-10-21(11-9-19)30-26(35)20-6-7-20/h2-5,8-11,15-16,20H,6-7,12-14H2,1H3,(H,28,33)(H,29,34)(H,30,35). The minimum Gasteiger partial charge on any atom is -0.354 e. The van der Waals surface area contributed by atoms with Gasteiger partial charge in [-0.2, -0.15) is 0 Å². The van der Waals surface area contributed by atoms with Gasteiger partial charge in [0.05, 0.1) is 12.1 Å². The molecule has 2 heterocycles. The van der Waals surface area contributed by atoms with Gasteiger partial charge in [0.2, 0.25) is 11.8 Å². The third-order valence-corrected chi connectivity index (χ3v) is 6.96. The quantitative estimate of drug-likeness (QED) is 0.303. The molecule has 1 fully saturated rings. The number of hydrogen-bond donors (Lipinski definition) is 3. The lowest BCUT2D eigenvalue weighted by molar-refractivity contribution is -0.120. The summed E-state index contributed by atoms with van der Waals surface area (Å²) in [5.41, 5.74) is 5.17. The Labute approximate surface area is 212 Å². The lowest BCUT2D eigenvalue weighted by atomic mass is 10.1. The number of hydrogen-bond acceptors (Lipinski definition) is 5. The minimum atomic E-state index is -0.231. The Hall–Kier alpha value is -3.98. The number of amides is 3. The smallest absolute Gasteiger partial charge is 0.251 e. The molecule has 0 spiro atoms. The lowest BCUT2D eigenvalue weighted by Gasteiger charge is -2.08. The predicted octanol–water partition coefficient (Wildman–Crippen LogP) is 3.81. The maximum absolute atomic E-state index is 12.5. The summed E-state index contributed by atoms with van der Waals surface area (Å²) in [7, 11) is 0. The first kappa shape index (κ1) is 23.7. The molecular formula is C27H27N5O3S. The second kappa shape index (κ2) is 10.3. The molecule has 0 bridgehead atoms. The van der Waals surface area contributed by atoms with E-state index < -0.39 is 0 Å². The van der Waals surface area contributed by atoms with Crippen LogP contribution in [0, 0.1) is 12.8 Å². The Bertz CT molecular complexity index is 1400. The van der Waals surface area contributed by atoms with Crippen molar-refractivity contribution in [2.24, 2.45) is 5.92 Å². The van der Waals surface area contributed by atoms with Crippen molar-refractivity contribution >= 4 is 39.7 Å². The second-order valence-corrected chi connectivity index (χ2v) is 9.83. The monoisotopic (exact) mass is 501 g/mol. The molecular weight excluding hydrogens is 474 g/mol. The SMILES string of the molecule is Cc1ccc(-c2cn3c(CC(=O)NCCNC(=O)c4ccc(NC(=O)C5CC5)cc4)csc3n2)cc1. The Morgan fingerprint density at radius 2 is 1.72 bits per heavy atom. The van der Waals surface area contributed by atoms with Gasteiger partial charge in [-0.25, -0.2) is 4.98 Å². The molecule has 1 aliphatic carbocycles. The zero-order valence-electron chi connectivity index (χ0n) is 19.9. The summed E-state index contributed by atoms with van der Waals surface area (Å²) in [6.07, 6.45) is 4.08. The third-order valence-electron chi connectivity index (χ3n) is 6.07. The number of carbonyl (C=O) groups excluding carboxylic acids is 3. The van der Waals surface area contributed by atoms with Gasteiger partial charge < -0.3 is 16.0 Å². The van der Waals surface area contributed by atoms with Crippen LogP contribution in [0.3, 0.4) is 0 Å². The van der Waals surface area contributed by atoms with Crippen molar-refractivity contribution in [1.82, 2.24) is 20.0 Å². The molecule has 8 nitrogen and oxygen atoms in total. The van der Waals surface area contributed by atoms with Crippen molar-refractivity contribution in [2.75, 3.05) is 18.4 Å². The highest BCUT2D eigenvalue weighted by Gasteiger charge is 2.29. The third kappa shape index (κ3) is 5.63. The molecule has 36 heavy (non-hydrogen) atoms. The molecule has 0 unspecified atom stereocenters. The van der Waals surface area contributed by atoms with E-state index in [-0.39, 0.29) is 30.1 Å². The number of carbonyl (C=O) groups is 3. The fourth-order valence-corrected chi connectivity index (χ4v) is 4.69. The van der Waals surface area contributed by atoms with E-state index in [1.165, 1.54) is 16.9 Å². The summed E-state index contributed by atoms with van der Waals surface area (Å²) >= 11 is 1.50. The molecule has 5 rings (SSSR count). The van der Waals surface area contributed by atoms with Crippen LogP contribution < -0.4 is 16.0 Å². The molecule has 3 amide bonds. The van der Waals surface area contributed by atoms with E-state index in [9.17, 15) is 14.4 Å². The number of aryl methyl sites for hydroxylation is 1. The number of imidazole rings is 1. The van der Waals surface area contributed by atoms with E-state index in [4.69, 9.17) is 0 Å². The zero-order chi connectivity index (χ0) is 25.1. The zero-order valence-corrected chi connectivity index (χ0v) is 20.7. The van der Waals surface area contributed by atoms with E-state index in [0.29, 0.717) is 24.3 Å². The molecule has 4 aromatic rings. The van der Waals surface area contributed by atoms with Crippen molar-refractivity contribution in [3.8, 4) is 11.3 Å². The number of nitrogens with one attached hydrogen (secondary N) is 3. The Morgan fingerprint density at radius 1 is 1.00 bits per heavy atom. The molecule has 0 aliphatic heterocycles. The topological polar surface area (TPSA) is 105 Å². The molecule has 1 saturated carbocycles. The van der Waals surface area contributed by atoms with Crippen LogP contribution in [0.4, 0.5) is 5.69 Å². The highest BCUT2D eigenvalue weighted by atomic mass is 32.1. The average molecular weight is 502 g/mol. The van der Waals surface area contributed by atoms with E-state index in [1.54, 1.807) is 24.3 Å². The van der Waals surface area contributed by atoms with Crippen LogP contribution in [0.25, 0.3) is 16.2 Å². The van der Waals surface area contributed by atoms with Crippen LogP contribution in [0.15, 0.2) is 60.1 Å². The van der Waals surface area contributed by atoms with Gasteiger partial charge in [0.25, 0.3) is 5.91 Å². The lowest BCUT2D eigenvalue weighted by Crippen LogP contribution is -2.35. The van der Waals surface area contributed by atoms with E-state index in [0.717, 1.165) is 34.8 Å². The normalized spacial score (nSPS) is 12.9. The van der Waals surface area contributed by atoms with Gasteiger partial charge in [0.15, 0.2) is 4.96 Å². The van der Waals surface area contributed by atoms with Crippen molar-refractivity contribution < 1.29 is 14.4 Å². The minimum absolute atomic E-state index is 0.0332. The summed E-state index contributed by atoms with van der Waals surface area (Å²) < 4.78 is 1.96. The summed E-state index contributed by atoms with van der Waals surface area (Å²) in [5, 5.41) is 10.5. The molecule has 9 heteroatoms. The molecule has 0 atom stereocenters. The van der Waals surface area contributed by atoms with Crippen molar-refractivity contribution in [3.63, 3.8) is 0 Å². The molecule has 184 valence electrons. The molecule has 1 aliphatic rings. The number of fused-ring (bicyclic) bond motifs is 1. The maximum Gasteiger partial charge on any atom is 0.251 e. The number of benzene rings is 2. The van der Waals surface area contributed by atoms with Gasteiger partial charge >= 0.3 is 0 Å². The number of nitrogens with zero attached hydrogens (tertiary/aromatic N) is 2. The molecule has 2 aromatic heterocycles. The fraction of sp³-hybridized carbons (Fsp3) is 0.259. The summed E-state index contributed by atoms with van der Waals surface area (Å²) in [6, 6.07) is 15.0. The molecule has 3 N–H and O–H groups in total. The van der Waals surface area contributed by atoms with E-state index in [2.05, 4.69) is 33.1 Å². The van der Waals surface area contributed by atoms with Crippen molar-refractivity contribution in [3.05, 3.63) is 76.9 Å². The first-order valence-electron chi connectivity index (χ1n) is 11.9. The summed E-state index contributed by atoms with van der Waals surface area (Å²) in [5.74, 6) is -0.188. The first-order chi connectivity index (χ1) is 17.5. The van der Waals surface area contributed by atoms with Gasteiger partial charge in [0.1, 0.15) is 0 Å². The largest absolute Gasteiger partial charge is 0.354 e. The van der Waals surface area contributed by atoms with Crippen LogP contribution >= 0.6 is 11.3 Å². The Kier molecular flexibility index (Phi) is 6.81. The van der Waals surface area contributed by atoms with Gasteiger partial charge in [-0.3, -0.25) is 18.8 Å². The molecule has 0 saturated heterocycles. The first-order valence-corrected chi connectivity index (χ1v) is 12.8. The average Bonchev–Trinajstić information content (AvgIpc) is 3.55.